The molecule has 0 radical (unpaired) electrons. The summed E-state index contributed by atoms with van der Waals surface area (Å²) in [7, 11) is 3.37. The molecule has 1 amide bonds. The zero-order chi connectivity index (χ0) is 20.5. The average molecular weight is 393 g/mol. The van der Waals surface area contributed by atoms with Crippen molar-refractivity contribution in [3.63, 3.8) is 0 Å². The van der Waals surface area contributed by atoms with Gasteiger partial charge in [0.15, 0.2) is 12.4 Å². The van der Waals surface area contributed by atoms with E-state index < -0.39 is 0 Å². The number of ketones is 1. The van der Waals surface area contributed by atoms with Crippen LogP contribution in [0.5, 0.6) is 5.75 Å². The monoisotopic (exact) mass is 393 g/mol. The fraction of sp³-hybridized carbons (Fsp3) is 0.318. The van der Waals surface area contributed by atoms with Crippen molar-refractivity contribution in [3.05, 3.63) is 64.1 Å². The number of nitrogens with zero attached hydrogens (tertiary/aromatic N) is 3. The first-order valence-electron chi connectivity index (χ1n) is 9.67. The molecule has 1 aromatic heterocycles. The lowest BCUT2D eigenvalue weighted by molar-refractivity contribution is 0.0783. The molecule has 1 saturated heterocycles. The van der Waals surface area contributed by atoms with Gasteiger partial charge in [0.1, 0.15) is 5.75 Å². The zero-order valence-electron chi connectivity index (χ0n) is 16.6. The number of para-hydroxylation sites is 1. The van der Waals surface area contributed by atoms with Crippen LogP contribution in [-0.2, 0) is 14.1 Å². The van der Waals surface area contributed by atoms with Crippen molar-refractivity contribution in [2.75, 3.05) is 19.7 Å². The second-order valence-corrected chi connectivity index (χ2v) is 7.31. The second-order valence-electron chi connectivity index (χ2n) is 7.31. The van der Waals surface area contributed by atoms with Gasteiger partial charge in [0.25, 0.3) is 5.91 Å². The molecule has 1 aliphatic rings. The van der Waals surface area contributed by atoms with Crippen molar-refractivity contribution in [1.29, 1.82) is 0 Å². The molecular formula is C22H23N3O4. The normalized spacial score (nSPS) is 13.8. The summed E-state index contributed by atoms with van der Waals surface area (Å²) in [5.74, 6) is 0.129. The van der Waals surface area contributed by atoms with Crippen molar-refractivity contribution < 1.29 is 14.3 Å². The van der Waals surface area contributed by atoms with Gasteiger partial charge >= 0.3 is 5.69 Å². The van der Waals surface area contributed by atoms with Crippen LogP contribution in [0.25, 0.3) is 11.0 Å². The zero-order valence-corrected chi connectivity index (χ0v) is 16.6. The summed E-state index contributed by atoms with van der Waals surface area (Å²) in [5.41, 5.74) is 2.24. The number of aromatic nitrogens is 2. The van der Waals surface area contributed by atoms with E-state index in [0.717, 1.165) is 31.4 Å². The van der Waals surface area contributed by atoms with Gasteiger partial charge in [0, 0.05) is 32.7 Å². The van der Waals surface area contributed by atoms with E-state index in [1.807, 2.05) is 4.90 Å². The van der Waals surface area contributed by atoms with E-state index in [1.165, 1.54) is 4.57 Å². The Labute approximate surface area is 168 Å². The highest BCUT2D eigenvalue weighted by Gasteiger charge is 2.22. The van der Waals surface area contributed by atoms with Gasteiger partial charge in [-0.2, -0.15) is 0 Å². The Morgan fingerprint density at radius 2 is 1.66 bits per heavy atom. The fourth-order valence-corrected chi connectivity index (χ4v) is 3.77. The maximum atomic E-state index is 12.7. The summed E-state index contributed by atoms with van der Waals surface area (Å²) in [6.07, 6.45) is 2.02. The summed E-state index contributed by atoms with van der Waals surface area (Å²) in [4.78, 5) is 39.3. The number of rotatable bonds is 5. The minimum Gasteiger partial charge on any atom is -0.485 e. The molecule has 7 nitrogen and oxygen atoms in total. The van der Waals surface area contributed by atoms with Crippen molar-refractivity contribution >= 4 is 22.7 Å². The Kier molecular flexibility index (Phi) is 4.96. The number of likely N-dealkylation sites (tertiary alicyclic amines) is 1. The first-order valence-corrected chi connectivity index (χ1v) is 9.67. The van der Waals surface area contributed by atoms with Gasteiger partial charge in [0.2, 0.25) is 0 Å². The molecule has 0 spiro atoms. The van der Waals surface area contributed by atoms with E-state index in [1.54, 1.807) is 61.1 Å². The number of hydrogen-bond donors (Lipinski definition) is 0. The van der Waals surface area contributed by atoms with Gasteiger partial charge < -0.3 is 9.64 Å². The summed E-state index contributed by atoms with van der Waals surface area (Å²) in [6, 6.07) is 12.2. The van der Waals surface area contributed by atoms with E-state index >= 15 is 0 Å². The van der Waals surface area contributed by atoms with Crippen molar-refractivity contribution in [3.8, 4) is 5.75 Å². The molecule has 29 heavy (non-hydrogen) atoms. The number of hydrogen-bond acceptors (Lipinski definition) is 4. The third-order valence-electron chi connectivity index (χ3n) is 5.46. The molecule has 1 aliphatic heterocycles. The van der Waals surface area contributed by atoms with Gasteiger partial charge in [-0.1, -0.05) is 12.1 Å². The first kappa shape index (κ1) is 19.0. The Balaban J connectivity index is 1.53. The number of ether oxygens (including phenoxy) is 1. The van der Waals surface area contributed by atoms with Crippen LogP contribution < -0.4 is 10.4 Å². The number of Topliss-reactive ketones (excluding diaryl/α,β-unsaturated/α-hetero) is 1. The first-order chi connectivity index (χ1) is 14.0. The number of imidazole rings is 1. The van der Waals surface area contributed by atoms with Crippen LogP contribution in [0.3, 0.4) is 0 Å². The highest BCUT2D eigenvalue weighted by molar-refractivity contribution is 6.00. The predicted octanol–water partition coefficient (Wildman–Crippen LogP) is 2.37. The van der Waals surface area contributed by atoms with Crippen molar-refractivity contribution in [1.82, 2.24) is 14.0 Å². The Bertz CT molecular complexity index is 1150. The van der Waals surface area contributed by atoms with Gasteiger partial charge in [-0.25, -0.2) is 4.79 Å². The van der Waals surface area contributed by atoms with Crippen LogP contribution in [-0.4, -0.2) is 45.4 Å². The number of aryl methyl sites for hydroxylation is 2. The maximum Gasteiger partial charge on any atom is 0.328 e. The van der Waals surface area contributed by atoms with Gasteiger partial charge in [-0.15, -0.1) is 0 Å². The SMILES string of the molecule is Cn1c(=O)n(C)c2cc(C(=O)COc3ccccc3C(=O)N3CCCC3)ccc21. The topological polar surface area (TPSA) is 73.5 Å². The summed E-state index contributed by atoms with van der Waals surface area (Å²) < 4.78 is 8.79. The molecule has 0 atom stereocenters. The van der Waals surface area contributed by atoms with E-state index in [4.69, 9.17) is 4.74 Å². The Hall–Kier alpha value is -3.35. The number of amides is 1. The lowest BCUT2D eigenvalue weighted by atomic mass is 10.1. The van der Waals surface area contributed by atoms with Crippen LogP contribution in [0.1, 0.15) is 33.6 Å². The highest BCUT2D eigenvalue weighted by Crippen LogP contribution is 2.23. The van der Waals surface area contributed by atoms with E-state index in [-0.39, 0.29) is 24.0 Å². The third kappa shape index (κ3) is 3.44. The summed E-state index contributed by atoms with van der Waals surface area (Å²) in [5, 5.41) is 0. The van der Waals surface area contributed by atoms with E-state index in [0.29, 0.717) is 22.4 Å². The standard InChI is InChI=1S/C22H23N3O4/c1-23-17-10-9-15(13-18(17)24(2)22(23)28)19(26)14-29-20-8-4-3-7-16(20)21(27)25-11-5-6-12-25/h3-4,7-10,13H,5-6,11-12,14H2,1-2H3. The number of benzene rings is 2. The predicted molar refractivity (Wildman–Crippen MR) is 110 cm³/mol. The molecular weight excluding hydrogens is 370 g/mol. The van der Waals surface area contributed by atoms with Crippen molar-refractivity contribution in [2.24, 2.45) is 14.1 Å². The minimum absolute atomic E-state index is 0.0637. The maximum absolute atomic E-state index is 12.7. The van der Waals surface area contributed by atoms with E-state index in [2.05, 4.69) is 0 Å². The summed E-state index contributed by atoms with van der Waals surface area (Å²) in [6.45, 7) is 1.32. The van der Waals surface area contributed by atoms with E-state index in [9.17, 15) is 14.4 Å². The van der Waals surface area contributed by atoms with Crippen LogP contribution in [0, 0.1) is 0 Å². The molecule has 7 heteroatoms. The molecule has 0 N–H and O–H groups in total. The molecule has 0 unspecified atom stereocenters. The van der Waals surface area contributed by atoms with Crippen molar-refractivity contribution in [2.45, 2.75) is 12.8 Å². The minimum atomic E-state index is -0.216. The average Bonchev–Trinajstić information content (AvgIpc) is 3.36. The van der Waals surface area contributed by atoms with Gasteiger partial charge in [0.05, 0.1) is 16.6 Å². The molecule has 0 aliphatic carbocycles. The molecule has 0 bridgehead atoms. The van der Waals surface area contributed by atoms with Crippen LogP contribution in [0.15, 0.2) is 47.3 Å². The quantitative estimate of drug-likeness (QED) is 0.624. The number of carbonyl (C=O) groups is 2. The molecule has 3 aromatic rings. The molecule has 2 heterocycles. The molecule has 150 valence electrons. The van der Waals surface area contributed by atoms with Gasteiger partial charge in [-0.05, 0) is 43.2 Å². The van der Waals surface area contributed by atoms with Crippen LogP contribution in [0.2, 0.25) is 0 Å². The molecule has 4 rings (SSSR count). The largest absolute Gasteiger partial charge is 0.485 e. The highest BCUT2D eigenvalue weighted by atomic mass is 16.5. The molecule has 2 aromatic carbocycles. The number of carbonyl (C=O) groups excluding carboxylic acids is 2. The smallest absolute Gasteiger partial charge is 0.328 e. The Morgan fingerprint density at radius 3 is 2.41 bits per heavy atom. The fourth-order valence-electron chi connectivity index (χ4n) is 3.77. The molecule has 1 fully saturated rings. The third-order valence-corrected chi connectivity index (χ3v) is 5.46. The number of fused-ring (bicyclic) bond motifs is 1. The Morgan fingerprint density at radius 1 is 0.966 bits per heavy atom. The lowest BCUT2D eigenvalue weighted by Crippen LogP contribution is -2.28. The molecule has 0 saturated carbocycles. The second kappa shape index (κ2) is 7.58. The summed E-state index contributed by atoms with van der Waals surface area (Å²) >= 11 is 0. The lowest BCUT2D eigenvalue weighted by Gasteiger charge is -2.17. The van der Waals surface area contributed by atoms with Crippen LogP contribution >= 0.6 is 0 Å². The van der Waals surface area contributed by atoms with Crippen LogP contribution in [0.4, 0.5) is 0 Å². The van der Waals surface area contributed by atoms with Gasteiger partial charge in [-0.3, -0.25) is 18.7 Å².